The fourth-order valence-electron chi connectivity index (χ4n) is 2.43. The molecule has 1 aliphatic heterocycles. The number of hydrazone groups is 1. The molecule has 1 aromatic carbocycles. The van der Waals surface area contributed by atoms with Crippen molar-refractivity contribution in [2.24, 2.45) is 5.10 Å². The number of phenolic OH excluding ortho intramolecular Hbond substituents is 1. The van der Waals surface area contributed by atoms with Gasteiger partial charge in [0, 0.05) is 18.2 Å². The predicted molar refractivity (Wildman–Crippen MR) is 80.5 cm³/mol. The molecule has 2 aromatic rings. The van der Waals surface area contributed by atoms with Crippen LogP contribution in [0.15, 0.2) is 47.7 Å². The molecule has 0 fully saturated rings. The standard InChI is InChI=1S/C16H17N3O2/c1-2-21-16-12(7-5-9-17-16)14-10-13(18-19-14)11-6-3-4-8-15(11)20/h3-9,13,18,20H,2,10H2,1H3. The van der Waals surface area contributed by atoms with Crippen LogP contribution in [0.25, 0.3) is 0 Å². The average Bonchev–Trinajstić information content (AvgIpc) is 2.98. The second-order valence-electron chi connectivity index (χ2n) is 4.79. The summed E-state index contributed by atoms with van der Waals surface area (Å²) >= 11 is 0. The summed E-state index contributed by atoms with van der Waals surface area (Å²) in [6, 6.07) is 11.1. The number of hydrogen-bond donors (Lipinski definition) is 2. The van der Waals surface area contributed by atoms with Crippen molar-refractivity contribution in [3.05, 3.63) is 53.7 Å². The van der Waals surface area contributed by atoms with Crippen molar-refractivity contribution < 1.29 is 9.84 Å². The molecule has 2 N–H and O–H groups in total. The summed E-state index contributed by atoms with van der Waals surface area (Å²) in [5, 5.41) is 14.3. The molecule has 0 radical (unpaired) electrons. The van der Waals surface area contributed by atoms with E-state index in [0.717, 1.165) is 16.8 Å². The van der Waals surface area contributed by atoms with Gasteiger partial charge in [0.2, 0.25) is 5.88 Å². The van der Waals surface area contributed by atoms with E-state index in [2.05, 4.69) is 15.5 Å². The van der Waals surface area contributed by atoms with E-state index < -0.39 is 0 Å². The van der Waals surface area contributed by atoms with Crippen molar-refractivity contribution in [3.63, 3.8) is 0 Å². The molecule has 0 saturated heterocycles. The minimum Gasteiger partial charge on any atom is -0.508 e. The van der Waals surface area contributed by atoms with Crippen LogP contribution in [0.1, 0.15) is 30.5 Å². The lowest BCUT2D eigenvalue weighted by atomic mass is 9.99. The monoisotopic (exact) mass is 283 g/mol. The van der Waals surface area contributed by atoms with Crippen LogP contribution in [0.2, 0.25) is 0 Å². The highest BCUT2D eigenvalue weighted by Gasteiger charge is 2.25. The molecular formula is C16H17N3O2. The first-order chi connectivity index (χ1) is 10.3. The number of aromatic nitrogens is 1. The van der Waals surface area contributed by atoms with E-state index in [1.807, 2.05) is 37.3 Å². The minimum absolute atomic E-state index is 0.0316. The smallest absolute Gasteiger partial charge is 0.222 e. The van der Waals surface area contributed by atoms with E-state index in [1.165, 1.54) is 0 Å². The van der Waals surface area contributed by atoms with Crippen molar-refractivity contribution in [2.75, 3.05) is 6.61 Å². The lowest BCUT2D eigenvalue weighted by Crippen LogP contribution is -2.10. The Hall–Kier alpha value is -2.56. The summed E-state index contributed by atoms with van der Waals surface area (Å²) in [5.41, 5.74) is 5.70. The first kappa shape index (κ1) is 13.4. The van der Waals surface area contributed by atoms with Crippen molar-refractivity contribution in [3.8, 4) is 11.6 Å². The van der Waals surface area contributed by atoms with Gasteiger partial charge in [-0.2, -0.15) is 5.10 Å². The highest BCUT2D eigenvalue weighted by Crippen LogP contribution is 2.31. The van der Waals surface area contributed by atoms with Crippen LogP contribution >= 0.6 is 0 Å². The second-order valence-corrected chi connectivity index (χ2v) is 4.79. The molecule has 1 aliphatic rings. The Balaban J connectivity index is 1.83. The van der Waals surface area contributed by atoms with Crippen LogP contribution in [0, 0.1) is 0 Å². The summed E-state index contributed by atoms with van der Waals surface area (Å²) < 4.78 is 5.54. The van der Waals surface area contributed by atoms with Gasteiger partial charge in [-0.15, -0.1) is 0 Å². The fourth-order valence-corrected chi connectivity index (χ4v) is 2.43. The number of para-hydroxylation sites is 1. The Morgan fingerprint density at radius 2 is 2.14 bits per heavy atom. The van der Waals surface area contributed by atoms with Gasteiger partial charge >= 0.3 is 0 Å². The molecule has 2 heterocycles. The Labute approximate surface area is 123 Å². The molecule has 0 amide bonds. The van der Waals surface area contributed by atoms with E-state index in [-0.39, 0.29) is 11.8 Å². The third-order valence-corrected chi connectivity index (χ3v) is 3.43. The van der Waals surface area contributed by atoms with Crippen LogP contribution in [-0.2, 0) is 0 Å². The summed E-state index contributed by atoms with van der Waals surface area (Å²) in [6.07, 6.45) is 2.39. The fraction of sp³-hybridized carbons (Fsp3) is 0.250. The Kier molecular flexibility index (Phi) is 3.73. The molecule has 21 heavy (non-hydrogen) atoms. The molecule has 5 nitrogen and oxygen atoms in total. The highest BCUT2D eigenvalue weighted by molar-refractivity contribution is 6.03. The maximum absolute atomic E-state index is 9.94. The highest BCUT2D eigenvalue weighted by atomic mass is 16.5. The minimum atomic E-state index is -0.0316. The molecule has 0 spiro atoms. The van der Waals surface area contributed by atoms with Gasteiger partial charge in [0.1, 0.15) is 5.75 Å². The Morgan fingerprint density at radius 1 is 1.29 bits per heavy atom. The number of benzene rings is 1. The number of nitrogens with zero attached hydrogens (tertiary/aromatic N) is 2. The van der Waals surface area contributed by atoms with Gasteiger partial charge in [-0.1, -0.05) is 18.2 Å². The van der Waals surface area contributed by atoms with Gasteiger partial charge in [-0.25, -0.2) is 4.98 Å². The molecule has 1 atom stereocenters. The van der Waals surface area contributed by atoms with Crippen LogP contribution < -0.4 is 10.2 Å². The molecule has 1 aromatic heterocycles. The molecule has 108 valence electrons. The summed E-state index contributed by atoms with van der Waals surface area (Å²) in [6.45, 7) is 2.49. The van der Waals surface area contributed by atoms with Gasteiger partial charge in [-0.3, -0.25) is 0 Å². The van der Waals surface area contributed by atoms with Crippen molar-refractivity contribution in [1.82, 2.24) is 10.4 Å². The first-order valence-corrected chi connectivity index (χ1v) is 6.97. The summed E-state index contributed by atoms with van der Waals surface area (Å²) in [7, 11) is 0. The Bertz CT molecular complexity index is 670. The number of ether oxygens (including phenoxy) is 1. The number of rotatable bonds is 4. The quantitative estimate of drug-likeness (QED) is 0.905. The second kappa shape index (κ2) is 5.83. The normalized spacial score (nSPS) is 17.2. The van der Waals surface area contributed by atoms with Gasteiger partial charge in [0.05, 0.1) is 23.9 Å². The SMILES string of the molecule is CCOc1ncccc1C1=NNC(c2ccccc2O)C1. The van der Waals surface area contributed by atoms with Gasteiger partial charge in [0.15, 0.2) is 0 Å². The lowest BCUT2D eigenvalue weighted by Gasteiger charge is -2.12. The topological polar surface area (TPSA) is 66.7 Å². The zero-order valence-electron chi connectivity index (χ0n) is 11.8. The number of hydrogen-bond acceptors (Lipinski definition) is 5. The maximum atomic E-state index is 9.94. The van der Waals surface area contributed by atoms with E-state index >= 15 is 0 Å². The van der Waals surface area contributed by atoms with E-state index in [1.54, 1.807) is 12.3 Å². The van der Waals surface area contributed by atoms with Gasteiger partial charge < -0.3 is 15.3 Å². The molecule has 0 bridgehead atoms. The summed E-state index contributed by atoms with van der Waals surface area (Å²) in [4.78, 5) is 4.25. The molecular weight excluding hydrogens is 266 g/mol. The summed E-state index contributed by atoms with van der Waals surface area (Å²) in [5.74, 6) is 0.876. The maximum Gasteiger partial charge on any atom is 0.222 e. The van der Waals surface area contributed by atoms with Crippen molar-refractivity contribution >= 4 is 5.71 Å². The largest absolute Gasteiger partial charge is 0.508 e. The van der Waals surface area contributed by atoms with Crippen LogP contribution in [0.3, 0.4) is 0 Å². The van der Waals surface area contributed by atoms with Crippen molar-refractivity contribution in [1.29, 1.82) is 0 Å². The lowest BCUT2D eigenvalue weighted by molar-refractivity contribution is 0.326. The molecule has 0 aliphatic carbocycles. The number of pyridine rings is 1. The number of phenols is 1. The van der Waals surface area contributed by atoms with Crippen molar-refractivity contribution in [2.45, 2.75) is 19.4 Å². The zero-order chi connectivity index (χ0) is 14.7. The predicted octanol–water partition coefficient (Wildman–Crippen LogP) is 2.62. The van der Waals surface area contributed by atoms with Crippen LogP contribution in [0.4, 0.5) is 0 Å². The Morgan fingerprint density at radius 3 is 2.95 bits per heavy atom. The molecule has 3 rings (SSSR count). The van der Waals surface area contributed by atoms with E-state index in [0.29, 0.717) is 18.9 Å². The molecule has 1 unspecified atom stereocenters. The van der Waals surface area contributed by atoms with E-state index in [9.17, 15) is 5.11 Å². The van der Waals surface area contributed by atoms with Crippen LogP contribution in [0.5, 0.6) is 11.6 Å². The van der Waals surface area contributed by atoms with Crippen LogP contribution in [-0.4, -0.2) is 22.4 Å². The number of nitrogens with one attached hydrogen (secondary N) is 1. The van der Waals surface area contributed by atoms with Gasteiger partial charge in [0.25, 0.3) is 0 Å². The van der Waals surface area contributed by atoms with Gasteiger partial charge in [-0.05, 0) is 25.1 Å². The third kappa shape index (κ3) is 2.67. The first-order valence-electron chi connectivity index (χ1n) is 6.97. The van der Waals surface area contributed by atoms with E-state index in [4.69, 9.17) is 4.74 Å². The molecule has 5 heteroatoms. The third-order valence-electron chi connectivity index (χ3n) is 3.43. The average molecular weight is 283 g/mol. The molecule has 0 saturated carbocycles. The number of aromatic hydroxyl groups is 1. The zero-order valence-corrected chi connectivity index (χ0v) is 11.8.